The van der Waals surface area contributed by atoms with Crippen molar-refractivity contribution in [3.63, 3.8) is 0 Å². The van der Waals surface area contributed by atoms with Crippen molar-refractivity contribution in [2.45, 2.75) is 12.2 Å². The highest BCUT2D eigenvalue weighted by molar-refractivity contribution is 6.31. The molecule has 8 nitrogen and oxygen atoms in total. The number of piperazine rings is 1. The van der Waals surface area contributed by atoms with Gasteiger partial charge >= 0.3 is 12.2 Å². The molecule has 0 aliphatic carbocycles. The van der Waals surface area contributed by atoms with E-state index >= 15 is 0 Å². The van der Waals surface area contributed by atoms with E-state index in [0.717, 1.165) is 12.1 Å². The van der Waals surface area contributed by atoms with Gasteiger partial charge in [-0.1, -0.05) is 41.9 Å². The predicted octanol–water partition coefficient (Wildman–Crippen LogP) is 4.06. The first-order chi connectivity index (χ1) is 19.1. The molecule has 3 heterocycles. The van der Waals surface area contributed by atoms with Crippen LogP contribution in [0.5, 0.6) is 0 Å². The number of urea groups is 1. The van der Waals surface area contributed by atoms with Crippen LogP contribution in [0.4, 0.5) is 23.7 Å². The van der Waals surface area contributed by atoms with Crippen molar-refractivity contribution in [1.82, 2.24) is 20.0 Å². The lowest BCUT2D eigenvalue weighted by molar-refractivity contribution is -0.137. The van der Waals surface area contributed by atoms with Crippen molar-refractivity contribution >= 4 is 35.1 Å². The molecule has 3 aliphatic rings. The maximum atomic E-state index is 13.6. The molecule has 0 aromatic heterocycles. The van der Waals surface area contributed by atoms with Gasteiger partial charge in [-0.15, -0.1) is 6.58 Å². The van der Waals surface area contributed by atoms with Crippen LogP contribution in [0.25, 0.3) is 0 Å². The Morgan fingerprint density at radius 3 is 2.48 bits per heavy atom. The second kappa shape index (κ2) is 10.9. The van der Waals surface area contributed by atoms with E-state index in [9.17, 15) is 27.6 Å². The fraction of sp³-hybridized carbons (Fsp3) is 0.321. The second-order valence-electron chi connectivity index (χ2n) is 9.74. The Labute approximate surface area is 234 Å². The molecule has 1 saturated heterocycles. The molecule has 2 aromatic rings. The lowest BCUT2D eigenvalue weighted by atomic mass is 9.95. The number of amides is 4. The Bertz CT molecular complexity index is 1390. The van der Waals surface area contributed by atoms with E-state index in [1.807, 2.05) is 0 Å². The number of nitrogens with one attached hydrogen (secondary N) is 1. The highest BCUT2D eigenvalue weighted by Gasteiger charge is 2.45. The SMILES string of the molecule is C=CCN1C(=O)N[C@@H](c2ccccc2Cl)C2=C1CN(CC(=O)N1CCN(c3cccc(C(F)(F)F)c3)CC1)C2=O. The Hall–Kier alpha value is -3.99. The molecule has 3 aliphatic heterocycles. The fourth-order valence-electron chi connectivity index (χ4n) is 5.30. The number of anilines is 1. The molecule has 4 amide bonds. The first-order valence-electron chi connectivity index (χ1n) is 12.7. The summed E-state index contributed by atoms with van der Waals surface area (Å²) in [5.41, 5.74) is 1.16. The summed E-state index contributed by atoms with van der Waals surface area (Å²) in [6.07, 6.45) is -2.88. The van der Waals surface area contributed by atoms with Gasteiger partial charge in [0.2, 0.25) is 5.91 Å². The van der Waals surface area contributed by atoms with Crippen molar-refractivity contribution in [3.05, 3.63) is 88.6 Å². The molecule has 0 radical (unpaired) electrons. The summed E-state index contributed by atoms with van der Waals surface area (Å²) in [6.45, 7) is 5.09. The molecule has 0 spiro atoms. The molecule has 40 heavy (non-hydrogen) atoms. The highest BCUT2D eigenvalue weighted by Crippen LogP contribution is 2.38. The third-order valence-corrected chi connectivity index (χ3v) is 7.67. The van der Waals surface area contributed by atoms with Crippen molar-refractivity contribution in [3.8, 4) is 0 Å². The zero-order valence-corrected chi connectivity index (χ0v) is 22.2. The summed E-state index contributed by atoms with van der Waals surface area (Å²) >= 11 is 6.40. The molecule has 0 bridgehead atoms. The van der Waals surface area contributed by atoms with Crippen molar-refractivity contribution in [1.29, 1.82) is 0 Å². The molecule has 12 heteroatoms. The molecular formula is C28H27ClF3N5O3. The minimum atomic E-state index is -4.44. The third-order valence-electron chi connectivity index (χ3n) is 7.32. The minimum Gasteiger partial charge on any atom is -0.368 e. The molecule has 1 atom stereocenters. The summed E-state index contributed by atoms with van der Waals surface area (Å²) in [5, 5.41) is 3.26. The van der Waals surface area contributed by atoms with E-state index in [-0.39, 0.29) is 31.4 Å². The number of halogens is 4. The summed E-state index contributed by atoms with van der Waals surface area (Å²) < 4.78 is 39.4. The average Bonchev–Trinajstić information content (AvgIpc) is 3.25. The monoisotopic (exact) mass is 573 g/mol. The zero-order chi connectivity index (χ0) is 28.6. The summed E-state index contributed by atoms with van der Waals surface area (Å²) in [6, 6.07) is 10.9. The van der Waals surface area contributed by atoms with E-state index in [1.165, 1.54) is 15.9 Å². The average molecular weight is 574 g/mol. The Morgan fingerprint density at radius 2 is 1.80 bits per heavy atom. The number of alkyl halides is 3. The largest absolute Gasteiger partial charge is 0.416 e. The van der Waals surface area contributed by atoms with Gasteiger partial charge in [-0.2, -0.15) is 13.2 Å². The van der Waals surface area contributed by atoms with Gasteiger partial charge in [-0.3, -0.25) is 14.5 Å². The summed E-state index contributed by atoms with van der Waals surface area (Å²) in [7, 11) is 0. The Balaban J connectivity index is 1.28. The summed E-state index contributed by atoms with van der Waals surface area (Å²) in [5.74, 6) is -0.648. The smallest absolute Gasteiger partial charge is 0.368 e. The Morgan fingerprint density at radius 1 is 1.07 bits per heavy atom. The molecule has 2 aromatic carbocycles. The molecule has 1 N–H and O–H groups in total. The Kier molecular flexibility index (Phi) is 7.50. The lowest BCUT2D eigenvalue weighted by Crippen LogP contribution is -2.51. The first-order valence-corrected chi connectivity index (χ1v) is 13.1. The van der Waals surface area contributed by atoms with Crippen molar-refractivity contribution < 1.29 is 27.6 Å². The van der Waals surface area contributed by atoms with Gasteiger partial charge in [0.15, 0.2) is 0 Å². The van der Waals surface area contributed by atoms with E-state index in [2.05, 4.69) is 11.9 Å². The molecule has 5 rings (SSSR count). The van der Waals surface area contributed by atoms with Crippen LogP contribution in [0.3, 0.4) is 0 Å². The van der Waals surface area contributed by atoms with Crippen LogP contribution in [-0.4, -0.2) is 78.4 Å². The quantitative estimate of drug-likeness (QED) is 0.529. The normalized spacial score (nSPS) is 19.6. The van der Waals surface area contributed by atoms with Gasteiger partial charge in [0.1, 0.15) is 6.54 Å². The first kappa shape index (κ1) is 27.6. The van der Waals surface area contributed by atoms with Crippen LogP contribution in [0, 0.1) is 0 Å². The van der Waals surface area contributed by atoms with Crippen LogP contribution in [0.2, 0.25) is 5.02 Å². The van der Waals surface area contributed by atoms with Gasteiger partial charge in [-0.05, 0) is 29.8 Å². The lowest BCUT2D eigenvalue weighted by Gasteiger charge is -2.37. The van der Waals surface area contributed by atoms with Crippen LogP contribution >= 0.6 is 11.6 Å². The van der Waals surface area contributed by atoms with Crippen LogP contribution in [-0.2, 0) is 15.8 Å². The second-order valence-corrected chi connectivity index (χ2v) is 10.1. The maximum Gasteiger partial charge on any atom is 0.416 e. The third kappa shape index (κ3) is 5.25. The van der Waals surface area contributed by atoms with Gasteiger partial charge in [0.25, 0.3) is 5.91 Å². The van der Waals surface area contributed by atoms with Gasteiger partial charge < -0.3 is 20.0 Å². The van der Waals surface area contributed by atoms with Crippen molar-refractivity contribution in [2.24, 2.45) is 0 Å². The number of carbonyl (C=O) groups is 3. The molecule has 0 unspecified atom stereocenters. The van der Waals surface area contributed by atoms with Gasteiger partial charge in [0.05, 0.1) is 29.4 Å². The molecule has 0 saturated carbocycles. The maximum absolute atomic E-state index is 13.6. The molecule has 1 fully saturated rings. The standard InChI is InChI=1S/C28H27ClF3N5O3/c1-2-10-37-22-16-36(26(39)24(22)25(33-27(37)40)20-8-3-4-9-21(20)29)17-23(38)35-13-11-34(12-14-35)19-7-5-6-18(15-19)28(30,31)32/h2-9,15,25H,1,10-14,16-17H2,(H,33,40)/t25-/m0/s1. The number of rotatable bonds is 6. The summed E-state index contributed by atoms with van der Waals surface area (Å²) in [4.78, 5) is 46.0. The van der Waals surface area contributed by atoms with Crippen LogP contribution < -0.4 is 10.2 Å². The number of carbonyl (C=O) groups excluding carboxylic acids is 3. The number of hydrogen-bond donors (Lipinski definition) is 1. The fourth-order valence-corrected chi connectivity index (χ4v) is 5.54. The minimum absolute atomic E-state index is 0.0757. The van der Waals surface area contributed by atoms with Gasteiger partial charge in [-0.25, -0.2) is 4.79 Å². The van der Waals surface area contributed by atoms with Crippen molar-refractivity contribution in [2.75, 3.05) is 50.7 Å². The van der Waals surface area contributed by atoms with E-state index in [1.54, 1.807) is 46.2 Å². The van der Waals surface area contributed by atoms with E-state index in [4.69, 9.17) is 11.6 Å². The van der Waals surface area contributed by atoms with Crippen LogP contribution in [0.1, 0.15) is 17.2 Å². The van der Waals surface area contributed by atoms with E-state index < -0.39 is 23.8 Å². The number of benzene rings is 2. The predicted molar refractivity (Wildman–Crippen MR) is 143 cm³/mol. The van der Waals surface area contributed by atoms with Gasteiger partial charge in [0, 0.05) is 43.4 Å². The number of nitrogens with zero attached hydrogens (tertiary/aromatic N) is 4. The van der Waals surface area contributed by atoms with E-state index in [0.29, 0.717) is 53.7 Å². The number of hydrogen-bond acceptors (Lipinski definition) is 4. The zero-order valence-electron chi connectivity index (χ0n) is 21.5. The van der Waals surface area contributed by atoms with Crippen LogP contribution in [0.15, 0.2) is 72.5 Å². The molecule has 210 valence electrons. The molecular weight excluding hydrogens is 547 g/mol. The highest BCUT2D eigenvalue weighted by atomic mass is 35.5. The topological polar surface area (TPSA) is 76.2 Å².